The first-order valence-electron chi connectivity index (χ1n) is 8.74. The summed E-state index contributed by atoms with van der Waals surface area (Å²) in [6, 6.07) is 3.64. The number of hydrogen-bond acceptors (Lipinski definition) is 4. The maximum atomic E-state index is 12.0. The van der Waals surface area contributed by atoms with Crippen LogP contribution in [0.15, 0.2) is 18.3 Å². The molecule has 0 radical (unpaired) electrons. The lowest BCUT2D eigenvalue weighted by Crippen LogP contribution is -2.44. The quantitative estimate of drug-likeness (QED) is 0.824. The van der Waals surface area contributed by atoms with E-state index in [0.717, 1.165) is 36.8 Å². The zero-order valence-electron chi connectivity index (χ0n) is 15.0. The van der Waals surface area contributed by atoms with Crippen molar-refractivity contribution in [3.05, 3.63) is 23.9 Å². The van der Waals surface area contributed by atoms with Crippen LogP contribution in [-0.2, 0) is 11.3 Å². The summed E-state index contributed by atoms with van der Waals surface area (Å²) in [4.78, 5) is 18.9. The molecule has 3 N–H and O–H groups in total. The van der Waals surface area contributed by atoms with Crippen LogP contribution in [0.25, 0.3) is 0 Å². The summed E-state index contributed by atoms with van der Waals surface area (Å²) in [7, 11) is 0. The molecule has 0 saturated carbocycles. The van der Waals surface area contributed by atoms with Gasteiger partial charge in [0, 0.05) is 25.8 Å². The van der Waals surface area contributed by atoms with E-state index in [0.29, 0.717) is 6.54 Å². The smallest absolute Gasteiger partial charge is 0.237 e. The van der Waals surface area contributed by atoms with E-state index < -0.39 is 6.04 Å². The second kappa shape index (κ2) is 9.84. The average molecular weight is 355 g/mol. The monoisotopic (exact) mass is 354 g/mol. The number of aromatic nitrogens is 1. The van der Waals surface area contributed by atoms with E-state index in [-0.39, 0.29) is 24.2 Å². The first-order chi connectivity index (χ1) is 11.0. The summed E-state index contributed by atoms with van der Waals surface area (Å²) >= 11 is 0. The van der Waals surface area contributed by atoms with Crippen molar-refractivity contribution >= 4 is 24.1 Å². The molecule has 1 aromatic rings. The van der Waals surface area contributed by atoms with Gasteiger partial charge in [-0.2, -0.15) is 0 Å². The van der Waals surface area contributed by atoms with Gasteiger partial charge in [0.05, 0.1) is 6.04 Å². The summed E-state index contributed by atoms with van der Waals surface area (Å²) in [5.41, 5.74) is 6.94. The zero-order valence-corrected chi connectivity index (χ0v) is 15.8. The molecule has 0 bridgehead atoms. The van der Waals surface area contributed by atoms with Gasteiger partial charge in [-0.3, -0.25) is 4.79 Å². The van der Waals surface area contributed by atoms with Gasteiger partial charge in [0.25, 0.3) is 0 Å². The van der Waals surface area contributed by atoms with Gasteiger partial charge in [-0.05, 0) is 36.3 Å². The minimum Gasteiger partial charge on any atom is -0.357 e. The number of piperidine rings is 1. The molecule has 2 rings (SSSR count). The fraction of sp³-hybridized carbons (Fsp3) is 0.667. The number of nitrogens with zero attached hydrogens (tertiary/aromatic N) is 2. The highest BCUT2D eigenvalue weighted by Gasteiger charge is 2.19. The maximum absolute atomic E-state index is 12.0. The Morgan fingerprint density at radius 1 is 1.42 bits per heavy atom. The Morgan fingerprint density at radius 3 is 2.62 bits per heavy atom. The lowest BCUT2D eigenvalue weighted by atomic mass is 9.99. The molecule has 0 aliphatic carbocycles. The summed E-state index contributed by atoms with van der Waals surface area (Å²) < 4.78 is 0. The number of pyridine rings is 1. The summed E-state index contributed by atoms with van der Waals surface area (Å²) in [6.45, 7) is 8.98. The van der Waals surface area contributed by atoms with E-state index in [4.69, 9.17) is 5.73 Å². The van der Waals surface area contributed by atoms with Crippen molar-refractivity contribution in [1.29, 1.82) is 0 Å². The van der Waals surface area contributed by atoms with Gasteiger partial charge in [-0.25, -0.2) is 4.98 Å². The van der Waals surface area contributed by atoms with Crippen LogP contribution in [-0.4, -0.2) is 30.0 Å². The highest BCUT2D eigenvalue weighted by molar-refractivity contribution is 5.85. The molecule has 136 valence electrons. The molecular weight excluding hydrogens is 324 g/mol. The van der Waals surface area contributed by atoms with Gasteiger partial charge in [0.15, 0.2) is 0 Å². The number of anilines is 1. The van der Waals surface area contributed by atoms with Crippen LogP contribution in [0.1, 0.15) is 45.6 Å². The Labute approximate surface area is 151 Å². The third-order valence-electron chi connectivity index (χ3n) is 4.94. The van der Waals surface area contributed by atoms with Gasteiger partial charge >= 0.3 is 0 Å². The Kier molecular flexibility index (Phi) is 8.50. The standard InChI is InChI=1S/C18H30N4O.ClH/c1-4-14(3)17(19)18(23)21-12-15-5-6-16(20-11-15)22-9-7-13(2)8-10-22;/h5-6,11,13-14,17H,4,7-10,12,19H2,1-3H3,(H,21,23);1H. The number of hydrogen-bond donors (Lipinski definition) is 2. The van der Waals surface area contributed by atoms with Gasteiger partial charge in [0.2, 0.25) is 5.91 Å². The van der Waals surface area contributed by atoms with E-state index >= 15 is 0 Å². The number of nitrogens with two attached hydrogens (primary N) is 1. The van der Waals surface area contributed by atoms with E-state index in [1.807, 2.05) is 32.2 Å². The van der Waals surface area contributed by atoms with Crippen LogP contribution in [0.5, 0.6) is 0 Å². The van der Waals surface area contributed by atoms with Crippen molar-refractivity contribution in [2.24, 2.45) is 17.6 Å². The number of carbonyl (C=O) groups is 1. The molecule has 1 aromatic heterocycles. The van der Waals surface area contributed by atoms with Crippen LogP contribution < -0.4 is 16.0 Å². The number of carbonyl (C=O) groups excluding carboxylic acids is 1. The first kappa shape index (κ1) is 20.7. The van der Waals surface area contributed by atoms with Crippen LogP contribution >= 0.6 is 12.4 Å². The van der Waals surface area contributed by atoms with Gasteiger partial charge < -0.3 is 16.0 Å². The minimum absolute atomic E-state index is 0. The molecule has 0 spiro atoms. The molecule has 1 fully saturated rings. The van der Waals surface area contributed by atoms with Crippen molar-refractivity contribution in [2.75, 3.05) is 18.0 Å². The zero-order chi connectivity index (χ0) is 16.8. The molecule has 1 aliphatic heterocycles. The molecule has 2 heterocycles. The number of rotatable bonds is 6. The molecule has 1 amide bonds. The van der Waals surface area contributed by atoms with Crippen molar-refractivity contribution in [3.8, 4) is 0 Å². The van der Waals surface area contributed by atoms with Gasteiger partial charge in [-0.1, -0.05) is 33.3 Å². The van der Waals surface area contributed by atoms with Crippen molar-refractivity contribution in [1.82, 2.24) is 10.3 Å². The van der Waals surface area contributed by atoms with Gasteiger partial charge in [0.1, 0.15) is 5.82 Å². The topological polar surface area (TPSA) is 71.2 Å². The van der Waals surface area contributed by atoms with E-state index in [2.05, 4.69) is 22.1 Å². The lowest BCUT2D eigenvalue weighted by molar-refractivity contribution is -0.123. The average Bonchev–Trinajstić information content (AvgIpc) is 2.59. The SMILES string of the molecule is CCC(C)C(N)C(=O)NCc1ccc(N2CCC(C)CC2)nc1.Cl. The van der Waals surface area contributed by atoms with Crippen molar-refractivity contribution < 1.29 is 4.79 Å². The fourth-order valence-corrected chi connectivity index (χ4v) is 2.77. The Morgan fingerprint density at radius 2 is 2.08 bits per heavy atom. The van der Waals surface area contributed by atoms with Crippen molar-refractivity contribution in [3.63, 3.8) is 0 Å². The Hall–Kier alpha value is -1.33. The summed E-state index contributed by atoms with van der Waals surface area (Å²) in [5.74, 6) is 1.95. The molecule has 24 heavy (non-hydrogen) atoms. The molecule has 5 nitrogen and oxygen atoms in total. The molecule has 2 atom stereocenters. The van der Waals surface area contributed by atoms with Crippen molar-refractivity contribution in [2.45, 2.75) is 52.6 Å². The predicted octanol–water partition coefficient (Wildman–Crippen LogP) is 2.73. The number of halogens is 1. The molecule has 0 aromatic carbocycles. The second-order valence-electron chi connectivity index (χ2n) is 6.82. The largest absolute Gasteiger partial charge is 0.357 e. The lowest BCUT2D eigenvalue weighted by Gasteiger charge is -2.31. The summed E-state index contributed by atoms with van der Waals surface area (Å²) in [6.07, 6.45) is 5.21. The third kappa shape index (κ3) is 5.64. The molecule has 1 saturated heterocycles. The highest BCUT2D eigenvalue weighted by atomic mass is 35.5. The normalized spacial score (nSPS) is 17.8. The Balaban J connectivity index is 0.00000288. The molecule has 2 unspecified atom stereocenters. The van der Waals surface area contributed by atoms with E-state index in [1.54, 1.807) is 0 Å². The van der Waals surface area contributed by atoms with E-state index in [9.17, 15) is 4.79 Å². The first-order valence-corrected chi connectivity index (χ1v) is 8.74. The van der Waals surface area contributed by atoms with Crippen LogP contribution in [0, 0.1) is 11.8 Å². The second-order valence-corrected chi connectivity index (χ2v) is 6.82. The molecule has 6 heteroatoms. The minimum atomic E-state index is -0.442. The Bertz CT molecular complexity index is 500. The summed E-state index contributed by atoms with van der Waals surface area (Å²) in [5, 5.41) is 2.90. The van der Waals surface area contributed by atoms with E-state index in [1.165, 1.54) is 12.8 Å². The van der Waals surface area contributed by atoms with Crippen LogP contribution in [0.2, 0.25) is 0 Å². The molecule has 1 aliphatic rings. The maximum Gasteiger partial charge on any atom is 0.237 e. The van der Waals surface area contributed by atoms with Crippen LogP contribution in [0.3, 0.4) is 0 Å². The number of amides is 1. The highest BCUT2D eigenvalue weighted by Crippen LogP contribution is 2.21. The molecular formula is C18H31ClN4O. The number of nitrogens with one attached hydrogen (secondary N) is 1. The fourth-order valence-electron chi connectivity index (χ4n) is 2.77. The third-order valence-corrected chi connectivity index (χ3v) is 4.94. The van der Waals surface area contributed by atoms with Crippen LogP contribution in [0.4, 0.5) is 5.82 Å². The predicted molar refractivity (Wildman–Crippen MR) is 101 cm³/mol. The van der Waals surface area contributed by atoms with Gasteiger partial charge in [-0.15, -0.1) is 12.4 Å².